The molecular weight excluding hydrogens is 458 g/mol. The van der Waals surface area contributed by atoms with E-state index in [2.05, 4.69) is 85.0 Å². The van der Waals surface area contributed by atoms with Gasteiger partial charge in [0.25, 0.3) is 0 Å². The predicted molar refractivity (Wildman–Crippen MR) is 130 cm³/mol. The van der Waals surface area contributed by atoms with Crippen LogP contribution in [-0.2, 0) is 6.54 Å². The zero-order chi connectivity index (χ0) is 22.1. The second-order valence-corrected chi connectivity index (χ2v) is 15.2. The van der Waals surface area contributed by atoms with Gasteiger partial charge in [-0.2, -0.15) is 0 Å². The summed E-state index contributed by atoms with van der Waals surface area (Å²) < 4.78 is 18.7. The number of ether oxygens (including phenoxy) is 2. The van der Waals surface area contributed by atoms with Crippen molar-refractivity contribution in [2.24, 2.45) is 0 Å². The Morgan fingerprint density at radius 3 is 2.23 bits per heavy atom. The molecule has 0 N–H and O–H groups in total. The fourth-order valence-corrected chi connectivity index (χ4v) is 5.04. The molecule has 2 aromatic rings. The van der Waals surface area contributed by atoms with Gasteiger partial charge in [-0.15, -0.1) is 0 Å². The summed E-state index contributed by atoms with van der Waals surface area (Å²) in [6, 6.07) is 12.6. The highest BCUT2D eigenvalue weighted by molar-refractivity contribution is 9.10. The van der Waals surface area contributed by atoms with Gasteiger partial charge < -0.3 is 13.9 Å². The highest BCUT2D eigenvalue weighted by Gasteiger charge is 2.39. The van der Waals surface area contributed by atoms with Crippen LogP contribution in [0.2, 0.25) is 18.1 Å². The molecule has 0 amide bonds. The number of nitrogens with zero attached hydrogens (tertiary/aromatic N) is 1. The van der Waals surface area contributed by atoms with E-state index in [0.29, 0.717) is 5.92 Å². The molecule has 1 fully saturated rings. The number of para-hydroxylation sites is 1. The number of benzene rings is 2. The van der Waals surface area contributed by atoms with E-state index in [1.807, 2.05) is 6.07 Å². The van der Waals surface area contributed by atoms with Crippen molar-refractivity contribution in [3.05, 3.63) is 52.0 Å². The Morgan fingerprint density at radius 2 is 1.63 bits per heavy atom. The van der Waals surface area contributed by atoms with E-state index in [0.717, 1.165) is 41.4 Å². The third-order valence-electron chi connectivity index (χ3n) is 6.44. The molecule has 2 aromatic carbocycles. The molecular formula is C24H34BrNO3Si. The van der Waals surface area contributed by atoms with Gasteiger partial charge in [-0.25, -0.2) is 0 Å². The molecule has 3 rings (SSSR count). The first-order valence-corrected chi connectivity index (χ1v) is 14.2. The summed E-state index contributed by atoms with van der Waals surface area (Å²) in [6.45, 7) is 14.3. The Kier molecular flexibility index (Phi) is 6.90. The molecule has 6 heteroatoms. The molecule has 1 heterocycles. The van der Waals surface area contributed by atoms with E-state index in [4.69, 9.17) is 13.9 Å². The molecule has 0 saturated carbocycles. The normalized spacial score (nSPS) is 15.6. The largest absolute Gasteiger partial charge is 0.543 e. The molecule has 30 heavy (non-hydrogen) atoms. The van der Waals surface area contributed by atoms with E-state index < -0.39 is 8.32 Å². The van der Waals surface area contributed by atoms with Crippen LogP contribution in [0, 0.1) is 0 Å². The highest BCUT2D eigenvalue weighted by Crippen LogP contribution is 2.41. The monoisotopic (exact) mass is 491 g/mol. The summed E-state index contributed by atoms with van der Waals surface area (Å²) in [6.07, 6.45) is 0. The SMILES string of the molecule is COc1cc(C2CN(Cc3ccccc3O[Si](C)(C)C(C)(C)C)C2)c(OC)cc1Br. The van der Waals surface area contributed by atoms with Crippen molar-refractivity contribution in [1.82, 2.24) is 4.90 Å². The average Bonchev–Trinajstić information content (AvgIpc) is 2.64. The van der Waals surface area contributed by atoms with Crippen LogP contribution in [0.3, 0.4) is 0 Å². The molecule has 0 unspecified atom stereocenters. The molecule has 1 saturated heterocycles. The van der Waals surface area contributed by atoms with Gasteiger partial charge in [-0.05, 0) is 52.3 Å². The van der Waals surface area contributed by atoms with E-state index in [9.17, 15) is 0 Å². The van der Waals surface area contributed by atoms with Crippen molar-refractivity contribution in [3.63, 3.8) is 0 Å². The maximum absolute atomic E-state index is 6.63. The van der Waals surface area contributed by atoms with Gasteiger partial charge in [0.05, 0.1) is 18.7 Å². The first kappa shape index (κ1) is 23.2. The van der Waals surface area contributed by atoms with E-state index >= 15 is 0 Å². The topological polar surface area (TPSA) is 30.9 Å². The molecule has 0 aliphatic carbocycles. The van der Waals surface area contributed by atoms with Crippen LogP contribution in [0.15, 0.2) is 40.9 Å². The molecule has 0 spiro atoms. The fourth-order valence-electron chi connectivity index (χ4n) is 3.50. The van der Waals surface area contributed by atoms with Crippen LogP contribution in [0.5, 0.6) is 17.2 Å². The minimum atomic E-state index is -1.87. The van der Waals surface area contributed by atoms with Crippen molar-refractivity contribution in [3.8, 4) is 17.2 Å². The third-order valence-corrected chi connectivity index (χ3v) is 11.4. The molecule has 1 aliphatic heterocycles. The molecule has 0 aromatic heterocycles. The summed E-state index contributed by atoms with van der Waals surface area (Å²) in [4.78, 5) is 2.46. The molecule has 1 aliphatic rings. The zero-order valence-corrected chi connectivity index (χ0v) is 21.8. The van der Waals surface area contributed by atoms with Crippen LogP contribution < -0.4 is 13.9 Å². The lowest BCUT2D eigenvalue weighted by Crippen LogP contribution is -2.45. The van der Waals surface area contributed by atoms with Crippen LogP contribution in [0.1, 0.15) is 37.8 Å². The molecule has 0 radical (unpaired) electrons. The van der Waals surface area contributed by atoms with Crippen molar-refractivity contribution in [2.45, 2.75) is 51.4 Å². The Bertz CT molecular complexity index is 889. The number of likely N-dealkylation sites (tertiary alicyclic amines) is 1. The van der Waals surface area contributed by atoms with Gasteiger partial charge in [0.15, 0.2) is 0 Å². The van der Waals surface area contributed by atoms with Crippen molar-refractivity contribution >= 4 is 24.2 Å². The molecule has 0 atom stereocenters. The van der Waals surface area contributed by atoms with Crippen LogP contribution in [-0.4, -0.2) is 40.5 Å². The maximum Gasteiger partial charge on any atom is 0.250 e. The number of methoxy groups -OCH3 is 2. The first-order chi connectivity index (χ1) is 14.1. The fraction of sp³-hybridized carbons (Fsp3) is 0.500. The summed E-state index contributed by atoms with van der Waals surface area (Å²) in [5.41, 5.74) is 2.47. The van der Waals surface area contributed by atoms with Crippen molar-refractivity contribution < 1.29 is 13.9 Å². The van der Waals surface area contributed by atoms with Gasteiger partial charge in [-0.1, -0.05) is 39.0 Å². The quantitative estimate of drug-likeness (QED) is 0.416. The van der Waals surface area contributed by atoms with Crippen LogP contribution in [0.4, 0.5) is 0 Å². The van der Waals surface area contributed by atoms with Gasteiger partial charge in [0, 0.05) is 36.7 Å². The summed E-state index contributed by atoms with van der Waals surface area (Å²) in [5, 5.41) is 0.180. The third kappa shape index (κ3) is 4.87. The van der Waals surface area contributed by atoms with Crippen molar-refractivity contribution in [1.29, 1.82) is 0 Å². The number of hydrogen-bond donors (Lipinski definition) is 0. The van der Waals surface area contributed by atoms with Gasteiger partial charge in [-0.3, -0.25) is 4.90 Å². The Morgan fingerprint density at radius 1 is 1.00 bits per heavy atom. The number of halogens is 1. The number of rotatable bonds is 7. The number of hydrogen-bond acceptors (Lipinski definition) is 4. The van der Waals surface area contributed by atoms with E-state index in [1.165, 1.54) is 11.1 Å². The summed E-state index contributed by atoms with van der Waals surface area (Å²) >= 11 is 3.55. The Hall–Kier alpha value is -1.50. The highest BCUT2D eigenvalue weighted by atomic mass is 79.9. The van der Waals surface area contributed by atoms with Crippen molar-refractivity contribution in [2.75, 3.05) is 27.3 Å². The van der Waals surface area contributed by atoms with E-state index in [1.54, 1.807) is 14.2 Å². The van der Waals surface area contributed by atoms with Crippen LogP contribution >= 0.6 is 15.9 Å². The van der Waals surface area contributed by atoms with Crippen LogP contribution in [0.25, 0.3) is 0 Å². The minimum absolute atomic E-state index is 0.180. The lowest BCUT2D eigenvalue weighted by Gasteiger charge is -2.41. The summed E-state index contributed by atoms with van der Waals surface area (Å²) in [7, 11) is 1.55. The second kappa shape index (κ2) is 8.93. The predicted octanol–water partition coefficient (Wildman–Crippen LogP) is 6.45. The smallest absolute Gasteiger partial charge is 0.250 e. The molecule has 0 bridgehead atoms. The lowest BCUT2D eigenvalue weighted by atomic mass is 9.90. The maximum atomic E-state index is 6.63. The molecule has 4 nitrogen and oxygen atoms in total. The first-order valence-electron chi connectivity index (χ1n) is 10.5. The zero-order valence-electron chi connectivity index (χ0n) is 19.2. The van der Waals surface area contributed by atoms with Gasteiger partial charge in [0.2, 0.25) is 8.32 Å². The van der Waals surface area contributed by atoms with E-state index in [-0.39, 0.29) is 5.04 Å². The van der Waals surface area contributed by atoms with Gasteiger partial charge in [0.1, 0.15) is 17.2 Å². The molecule has 164 valence electrons. The average molecular weight is 493 g/mol. The summed E-state index contributed by atoms with van der Waals surface area (Å²) in [5.74, 6) is 3.23. The Labute approximate surface area is 190 Å². The second-order valence-electron chi connectivity index (χ2n) is 9.59. The minimum Gasteiger partial charge on any atom is -0.543 e. The Balaban J connectivity index is 1.71. The lowest BCUT2D eigenvalue weighted by molar-refractivity contribution is 0.136. The van der Waals surface area contributed by atoms with Gasteiger partial charge >= 0.3 is 0 Å². The standard InChI is InChI=1S/C24H34BrNO3Si/c1-24(2,3)30(6,7)29-21-11-9-8-10-17(21)14-26-15-18(16-26)19-12-23(28-5)20(25)13-22(19)27-4/h8-13,18H,14-16H2,1-7H3.